The van der Waals surface area contributed by atoms with Crippen molar-refractivity contribution in [3.8, 4) is 0 Å². The number of unbranched alkanes of at least 4 members (excludes halogenated alkanes) is 3. The largest absolute Gasteiger partial charge is 0.397 e. The van der Waals surface area contributed by atoms with E-state index in [0.29, 0.717) is 6.42 Å². The zero-order chi connectivity index (χ0) is 11.8. The van der Waals surface area contributed by atoms with Gasteiger partial charge in [0.25, 0.3) is 0 Å². The van der Waals surface area contributed by atoms with E-state index in [-0.39, 0.29) is 12.4 Å². The van der Waals surface area contributed by atoms with E-state index in [4.69, 9.17) is 5.11 Å². The molecule has 0 radical (unpaired) electrons. The van der Waals surface area contributed by atoms with E-state index >= 15 is 0 Å². The molecule has 0 aliphatic heterocycles. The summed E-state index contributed by atoms with van der Waals surface area (Å²) in [7, 11) is 0. The SMILES string of the molecule is CCC(C)=O.CCCCCC.CCO. The van der Waals surface area contributed by atoms with E-state index in [0.717, 1.165) is 0 Å². The summed E-state index contributed by atoms with van der Waals surface area (Å²) in [5, 5.41) is 7.57. The highest BCUT2D eigenvalue weighted by Gasteiger charge is 1.77. The Morgan fingerprint density at radius 1 is 1.00 bits per heavy atom. The molecule has 0 aromatic heterocycles. The van der Waals surface area contributed by atoms with Crippen LogP contribution in [0.1, 0.15) is 66.7 Å². The average molecular weight is 204 g/mol. The average Bonchev–Trinajstić information content (AvgIpc) is 2.17. The van der Waals surface area contributed by atoms with Crippen LogP contribution in [0.4, 0.5) is 0 Å². The summed E-state index contributed by atoms with van der Waals surface area (Å²) >= 11 is 0. The van der Waals surface area contributed by atoms with E-state index in [9.17, 15) is 4.79 Å². The molecule has 2 nitrogen and oxygen atoms in total. The van der Waals surface area contributed by atoms with Crippen LogP contribution in [0.2, 0.25) is 0 Å². The first-order valence-electron chi connectivity index (χ1n) is 5.70. The van der Waals surface area contributed by atoms with Gasteiger partial charge in [-0.25, -0.2) is 0 Å². The highest BCUT2D eigenvalue weighted by molar-refractivity contribution is 5.74. The molecule has 0 bridgehead atoms. The Balaban J connectivity index is -0.000000138. The predicted octanol–water partition coefficient (Wildman–Crippen LogP) is 3.57. The van der Waals surface area contributed by atoms with Crippen LogP contribution in [-0.2, 0) is 4.79 Å². The van der Waals surface area contributed by atoms with E-state index in [1.807, 2.05) is 6.92 Å². The van der Waals surface area contributed by atoms with Gasteiger partial charge in [-0.15, -0.1) is 0 Å². The van der Waals surface area contributed by atoms with Crippen LogP contribution in [-0.4, -0.2) is 17.5 Å². The maximum absolute atomic E-state index is 9.81. The van der Waals surface area contributed by atoms with Crippen LogP contribution in [0.5, 0.6) is 0 Å². The van der Waals surface area contributed by atoms with Gasteiger partial charge in [0.15, 0.2) is 0 Å². The predicted molar refractivity (Wildman–Crippen MR) is 63.5 cm³/mol. The summed E-state index contributed by atoms with van der Waals surface area (Å²) < 4.78 is 0. The van der Waals surface area contributed by atoms with Crippen molar-refractivity contribution in [3.05, 3.63) is 0 Å². The number of aliphatic hydroxyl groups is 1. The summed E-state index contributed by atoms with van der Waals surface area (Å²) in [5.41, 5.74) is 0. The minimum Gasteiger partial charge on any atom is -0.397 e. The van der Waals surface area contributed by atoms with E-state index in [1.54, 1.807) is 13.8 Å². The summed E-state index contributed by atoms with van der Waals surface area (Å²) in [6.07, 6.45) is 6.20. The Morgan fingerprint density at radius 3 is 1.29 bits per heavy atom. The highest BCUT2D eigenvalue weighted by atomic mass is 16.2. The van der Waals surface area contributed by atoms with Gasteiger partial charge in [-0.3, -0.25) is 0 Å². The molecule has 0 heterocycles. The third kappa shape index (κ3) is 61.3. The van der Waals surface area contributed by atoms with Crippen molar-refractivity contribution in [3.63, 3.8) is 0 Å². The molecule has 1 N–H and O–H groups in total. The maximum Gasteiger partial charge on any atom is 0.129 e. The second-order valence-corrected chi connectivity index (χ2v) is 3.08. The quantitative estimate of drug-likeness (QED) is 0.711. The molecule has 0 rings (SSSR count). The molecule has 0 unspecified atom stereocenters. The lowest BCUT2D eigenvalue weighted by Gasteiger charge is -1.86. The molecular formula is C12H28O2. The number of ketones is 1. The Morgan fingerprint density at radius 2 is 1.21 bits per heavy atom. The molecule has 0 aromatic carbocycles. The topological polar surface area (TPSA) is 37.3 Å². The highest BCUT2D eigenvalue weighted by Crippen LogP contribution is 1.95. The smallest absolute Gasteiger partial charge is 0.129 e. The number of aliphatic hydroxyl groups excluding tert-OH is 1. The van der Waals surface area contributed by atoms with Gasteiger partial charge in [-0.05, 0) is 13.8 Å². The van der Waals surface area contributed by atoms with Crippen molar-refractivity contribution in [2.75, 3.05) is 6.61 Å². The summed E-state index contributed by atoms with van der Waals surface area (Å²) in [4.78, 5) is 9.81. The third-order valence-corrected chi connectivity index (χ3v) is 1.45. The number of rotatable bonds is 4. The minimum atomic E-state index is 0.250. The first kappa shape index (κ1) is 19.2. The fourth-order valence-electron chi connectivity index (χ4n) is 0.500. The Bertz CT molecular complexity index is 86.3. The van der Waals surface area contributed by atoms with Crippen LogP contribution < -0.4 is 0 Å². The van der Waals surface area contributed by atoms with Crippen LogP contribution in [0.3, 0.4) is 0 Å². The van der Waals surface area contributed by atoms with Crippen molar-refractivity contribution >= 4 is 5.78 Å². The van der Waals surface area contributed by atoms with E-state index in [2.05, 4.69) is 13.8 Å². The fourth-order valence-corrected chi connectivity index (χ4v) is 0.500. The zero-order valence-electron chi connectivity index (χ0n) is 10.6. The molecule has 0 aromatic rings. The molecule has 2 heteroatoms. The summed E-state index contributed by atoms with van der Waals surface area (Å²) in [5.74, 6) is 0.255. The number of carbonyl (C=O) groups excluding carboxylic acids is 1. The Labute approximate surface area is 89.7 Å². The van der Waals surface area contributed by atoms with Gasteiger partial charge >= 0.3 is 0 Å². The second kappa shape index (κ2) is 22.9. The molecule has 0 atom stereocenters. The minimum absolute atomic E-state index is 0.250. The molecular weight excluding hydrogens is 176 g/mol. The number of hydrogen-bond acceptors (Lipinski definition) is 2. The zero-order valence-corrected chi connectivity index (χ0v) is 10.6. The van der Waals surface area contributed by atoms with Gasteiger partial charge in [0, 0.05) is 13.0 Å². The lowest BCUT2D eigenvalue weighted by molar-refractivity contribution is -0.116. The van der Waals surface area contributed by atoms with Gasteiger partial charge in [-0.2, -0.15) is 0 Å². The van der Waals surface area contributed by atoms with E-state index in [1.165, 1.54) is 25.7 Å². The number of Topliss-reactive ketones (excluding diaryl/α,β-unsaturated/α-hetero) is 1. The number of hydrogen-bond donors (Lipinski definition) is 1. The molecule has 0 aliphatic rings. The summed E-state index contributed by atoms with van der Waals surface area (Å²) in [6.45, 7) is 9.83. The Kier molecular flexibility index (Phi) is 31.5. The van der Waals surface area contributed by atoms with Gasteiger partial charge in [0.05, 0.1) is 0 Å². The van der Waals surface area contributed by atoms with Crippen molar-refractivity contribution in [2.24, 2.45) is 0 Å². The van der Waals surface area contributed by atoms with Crippen LogP contribution in [0.15, 0.2) is 0 Å². The molecule has 0 saturated carbocycles. The standard InChI is InChI=1S/C6H14.C4H8O.C2H6O/c1-3-5-6-4-2;1-3-4(2)5;1-2-3/h3-6H2,1-2H3;3H2,1-2H3;3H,2H2,1H3. The first-order chi connectivity index (χ1) is 6.60. The van der Waals surface area contributed by atoms with Crippen molar-refractivity contribution in [1.29, 1.82) is 0 Å². The Hall–Kier alpha value is -0.370. The molecule has 0 spiro atoms. The van der Waals surface area contributed by atoms with Crippen molar-refractivity contribution in [1.82, 2.24) is 0 Å². The van der Waals surface area contributed by atoms with Crippen molar-refractivity contribution < 1.29 is 9.90 Å². The monoisotopic (exact) mass is 204 g/mol. The molecule has 14 heavy (non-hydrogen) atoms. The van der Waals surface area contributed by atoms with Crippen LogP contribution in [0.25, 0.3) is 0 Å². The molecule has 0 fully saturated rings. The van der Waals surface area contributed by atoms with Gasteiger partial charge < -0.3 is 9.90 Å². The lowest BCUT2D eigenvalue weighted by Crippen LogP contribution is -1.80. The maximum atomic E-state index is 9.81. The molecule has 88 valence electrons. The third-order valence-electron chi connectivity index (χ3n) is 1.45. The van der Waals surface area contributed by atoms with E-state index < -0.39 is 0 Å². The molecule has 0 amide bonds. The first-order valence-corrected chi connectivity index (χ1v) is 5.70. The lowest BCUT2D eigenvalue weighted by atomic mass is 10.2. The summed E-state index contributed by atoms with van der Waals surface area (Å²) in [6, 6.07) is 0. The normalized spacial score (nSPS) is 7.86. The van der Waals surface area contributed by atoms with Gasteiger partial charge in [0.2, 0.25) is 0 Å². The van der Waals surface area contributed by atoms with Crippen LogP contribution in [0, 0.1) is 0 Å². The van der Waals surface area contributed by atoms with Crippen molar-refractivity contribution in [2.45, 2.75) is 66.7 Å². The van der Waals surface area contributed by atoms with Gasteiger partial charge in [-0.1, -0.05) is 46.5 Å². The molecule has 0 aliphatic carbocycles. The second-order valence-electron chi connectivity index (χ2n) is 3.08. The fraction of sp³-hybridized carbons (Fsp3) is 0.917. The van der Waals surface area contributed by atoms with Crippen LogP contribution >= 0.6 is 0 Å². The number of carbonyl (C=O) groups is 1. The van der Waals surface area contributed by atoms with Gasteiger partial charge in [0.1, 0.15) is 5.78 Å². The molecule has 0 saturated heterocycles.